The number of hydrogen-bond acceptors (Lipinski definition) is 2. The molecule has 1 aromatic rings. The Labute approximate surface area is 111 Å². The van der Waals surface area contributed by atoms with E-state index in [1.807, 2.05) is 12.1 Å². The van der Waals surface area contributed by atoms with E-state index in [1.165, 1.54) is 11.3 Å². The van der Waals surface area contributed by atoms with Crippen molar-refractivity contribution in [3.05, 3.63) is 29.8 Å². The molecule has 1 atom stereocenters. The Morgan fingerprint density at radius 3 is 2.79 bits per heavy atom. The average Bonchev–Trinajstić information content (AvgIpc) is 2.76. The van der Waals surface area contributed by atoms with Crippen LogP contribution in [0.1, 0.15) is 30.7 Å². The lowest BCUT2D eigenvalue weighted by Gasteiger charge is -2.12. The lowest BCUT2D eigenvalue weighted by atomic mass is 10.0. The van der Waals surface area contributed by atoms with E-state index < -0.39 is 12.6 Å². The largest absolute Gasteiger partial charge is 0.389 e. The lowest BCUT2D eigenvalue weighted by molar-refractivity contribution is -0.135. The van der Waals surface area contributed by atoms with E-state index in [0.717, 1.165) is 13.1 Å². The molecule has 2 N–H and O–H groups in total. The van der Waals surface area contributed by atoms with Crippen molar-refractivity contribution in [2.75, 3.05) is 25.0 Å². The molecule has 19 heavy (non-hydrogen) atoms. The summed E-state index contributed by atoms with van der Waals surface area (Å²) in [5, 5.41) is 6.58. The van der Waals surface area contributed by atoms with Gasteiger partial charge in [0.05, 0.1) is 0 Å². The summed E-state index contributed by atoms with van der Waals surface area (Å²) in [7, 11) is 0. The molecule has 0 bridgehead atoms. The van der Waals surface area contributed by atoms with Crippen LogP contribution >= 0.6 is 0 Å². The second-order valence-electron chi connectivity index (χ2n) is 4.94. The molecular weight excluding hydrogens is 253 g/mol. The first kappa shape index (κ1) is 14.2. The van der Waals surface area contributed by atoms with E-state index >= 15 is 0 Å². The van der Waals surface area contributed by atoms with Crippen LogP contribution in [-0.2, 0) is 0 Å². The van der Waals surface area contributed by atoms with Gasteiger partial charge in [-0.05, 0) is 31.0 Å². The zero-order chi connectivity index (χ0) is 13.7. The summed E-state index contributed by atoms with van der Waals surface area (Å²) in [5.41, 5.74) is 2.47. The van der Waals surface area contributed by atoms with Gasteiger partial charge in [0.15, 0.2) is 0 Å². The first-order valence-electron chi connectivity index (χ1n) is 6.66. The maximum absolute atomic E-state index is 11.9. The number of alkyl halides is 3. The smallest absolute Gasteiger partial charge is 0.384 e. The van der Waals surface area contributed by atoms with Crippen LogP contribution in [0.15, 0.2) is 24.3 Å². The summed E-state index contributed by atoms with van der Waals surface area (Å²) in [4.78, 5) is 0. The average molecular weight is 272 g/mol. The van der Waals surface area contributed by atoms with Gasteiger partial charge in [-0.25, -0.2) is 0 Å². The van der Waals surface area contributed by atoms with Crippen molar-refractivity contribution in [2.45, 2.75) is 31.4 Å². The maximum Gasteiger partial charge on any atom is 0.389 e. The van der Waals surface area contributed by atoms with Crippen LogP contribution in [0.3, 0.4) is 0 Å². The van der Waals surface area contributed by atoms with E-state index in [0.29, 0.717) is 18.9 Å². The summed E-state index contributed by atoms with van der Waals surface area (Å²) < 4.78 is 35.8. The molecule has 0 fully saturated rings. The van der Waals surface area contributed by atoms with Gasteiger partial charge in [-0.15, -0.1) is 0 Å². The van der Waals surface area contributed by atoms with Gasteiger partial charge in [0.2, 0.25) is 0 Å². The molecule has 2 nitrogen and oxygen atoms in total. The summed E-state index contributed by atoms with van der Waals surface area (Å²) in [6.45, 7) is 2.36. The van der Waals surface area contributed by atoms with E-state index in [-0.39, 0.29) is 6.42 Å². The second-order valence-corrected chi connectivity index (χ2v) is 4.94. The third-order valence-electron chi connectivity index (χ3n) is 3.39. The van der Waals surface area contributed by atoms with E-state index in [9.17, 15) is 13.2 Å². The molecule has 0 aromatic heterocycles. The van der Waals surface area contributed by atoms with Crippen LogP contribution < -0.4 is 10.6 Å². The normalized spacial score (nSPS) is 18.2. The highest BCUT2D eigenvalue weighted by molar-refractivity contribution is 5.57. The minimum atomic E-state index is -4.02. The molecular formula is C14H19F3N2. The number of hydrogen-bond donors (Lipinski definition) is 2. The Hall–Kier alpha value is -1.23. The van der Waals surface area contributed by atoms with Crippen LogP contribution in [0, 0.1) is 0 Å². The van der Waals surface area contributed by atoms with Gasteiger partial charge in [-0.1, -0.05) is 18.2 Å². The van der Waals surface area contributed by atoms with Crippen molar-refractivity contribution >= 4 is 5.69 Å². The Bertz CT molecular complexity index is 404. The Balaban J connectivity index is 1.63. The fourth-order valence-electron chi connectivity index (χ4n) is 2.39. The Morgan fingerprint density at radius 2 is 2.00 bits per heavy atom. The van der Waals surface area contributed by atoms with Crippen molar-refractivity contribution in [3.8, 4) is 0 Å². The number of nitrogens with one attached hydrogen (secondary N) is 2. The predicted octanol–water partition coefficient (Wildman–Crippen LogP) is 3.52. The van der Waals surface area contributed by atoms with Gasteiger partial charge in [0, 0.05) is 31.1 Å². The van der Waals surface area contributed by atoms with E-state index in [1.54, 1.807) is 0 Å². The third-order valence-corrected chi connectivity index (χ3v) is 3.39. The van der Waals surface area contributed by atoms with Crippen LogP contribution in [0.2, 0.25) is 0 Å². The third kappa shape index (κ3) is 4.42. The number of anilines is 1. The number of fused-ring (bicyclic) bond motifs is 1. The number of unbranched alkanes of at least 4 members (excludes halogenated alkanes) is 1. The predicted molar refractivity (Wildman–Crippen MR) is 70.4 cm³/mol. The quantitative estimate of drug-likeness (QED) is 0.774. The first-order valence-corrected chi connectivity index (χ1v) is 6.66. The zero-order valence-corrected chi connectivity index (χ0v) is 10.8. The Kier molecular flexibility index (Phi) is 4.69. The van der Waals surface area contributed by atoms with Gasteiger partial charge < -0.3 is 10.6 Å². The molecule has 1 unspecified atom stereocenters. The SMILES string of the molecule is FC(F)(F)CCCCNCC1CNc2ccccc21. The molecule has 106 valence electrons. The molecule has 1 heterocycles. The monoisotopic (exact) mass is 272 g/mol. The zero-order valence-electron chi connectivity index (χ0n) is 10.8. The highest BCUT2D eigenvalue weighted by Crippen LogP contribution is 2.30. The highest BCUT2D eigenvalue weighted by Gasteiger charge is 2.25. The second kappa shape index (κ2) is 6.28. The summed E-state index contributed by atoms with van der Waals surface area (Å²) in [6.07, 6.45) is -3.92. The fraction of sp³-hybridized carbons (Fsp3) is 0.571. The highest BCUT2D eigenvalue weighted by atomic mass is 19.4. The van der Waals surface area contributed by atoms with E-state index in [2.05, 4.69) is 22.8 Å². The standard InChI is InChI=1S/C14H19F3N2/c15-14(16,17)7-3-4-8-18-9-11-10-19-13-6-2-1-5-12(11)13/h1-2,5-6,11,18-19H,3-4,7-10H2. The van der Waals surface area contributed by atoms with Crippen LogP contribution in [-0.4, -0.2) is 25.8 Å². The molecule has 0 saturated carbocycles. The number of halogens is 3. The molecule has 0 amide bonds. The van der Waals surface area contributed by atoms with Crippen molar-refractivity contribution in [2.24, 2.45) is 0 Å². The van der Waals surface area contributed by atoms with Crippen molar-refractivity contribution in [1.82, 2.24) is 5.32 Å². The summed E-state index contributed by atoms with van der Waals surface area (Å²) in [6, 6.07) is 8.17. The number of rotatable bonds is 6. The molecule has 0 saturated heterocycles. The molecule has 0 radical (unpaired) electrons. The van der Waals surface area contributed by atoms with Gasteiger partial charge in [0.25, 0.3) is 0 Å². The van der Waals surface area contributed by atoms with E-state index in [4.69, 9.17) is 0 Å². The minimum Gasteiger partial charge on any atom is -0.384 e. The van der Waals surface area contributed by atoms with Crippen molar-refractivity contribution < 1.29 is 13.2 Å². The van der Waals surface area contributed by atoms with Gasteiger partial charge >= 0.3 is 6.18 Å². The van der Waals surface area contributed by atoms with Gasteiger partial charge in [-0.3, -0.25) is 0 Å². The summed E-state index contributed by atoms with van der Waals surface area (Å²) >= 11 is 0. The molecule has 5 heteroatoms. The van der Waals surface area contributed by atoms with Crippen LogP contribution in [0.25, 0.3) is 0 Å². The number of benzene rings is 1. The molecule has 1 aromatic carbocycles. The van der Waals surface area contributed by atoms with Crippen LogP contribution in [0.5, 0.6) is 0 Å². The Morgan fingerprint density at radius 1 is 1.21 bits per heavy atom. The van der Waals surface area contributed by atoms with Gasteiger partial charge in [0.1, 0.15) is 0 Å². The minimum absolute atomic E-state index is 0.204. The molecule has 1 aliphatic heterocycles. The van der Waals surface area contributed by atoms with Crippen molar-refractivity contribution in [1.29, 1.82) is 0 Å². The lowest BCUT2D eigenvalue weighted by Crippen LogP contribution is -2.24. The fourth-order valence-corrected chi connectivity index (χ4v) is 2.39. The molecule has 2 rings (SSSR count). The molecule has 0 spiro atoms. The summed E-state index contributed by atoms with van der Waals surface area (Å²) in [5.74, 6) is 0.416. The maximum atomic E-state index is 11.9. The van der Waals surface area contributed by atoms with Gasteiger partial charge in [-0.2, -0.15) is 13.2 Å². The molecule has 1 aliphatic rings. The van der Waals surface area contributed by atoms with Crippen LogP contribution in [0.4, 0.5) is 18.9 Å². The topological polar surface area (TPSA) is 24.1 Å². The molecule has 0 aliphatic carbocycles. The number of para-hydroxylation sites is 1. The first-order chi connectivity index (χ1) is 9.06. The van der Waals surface area contributed by atoms with Crippen molar-refractivity contribution in [3.63, 3.8) is 0 Å².